The van der Waals surface area contributed by atoms with Crippen molar-refractivity contribution in [3.8, 4) is 0 Å². The highest BCUT2D eigenvalue weighted by atomic mass is 79.9. The van der Waals surface area contributed by atoms with E-state index in [1.54, 1.807) is 17.8 Å². The third-order valence-electron chi connectivity index (χ3n) is 2.90. The number of hydrogen-bond acceptors (Lipinski definition) is 4. The van der Waals surface area contributed by atoms with Crippen molar-refractivity contribution in [2.45, 2.75) is 4.90 Å². The number of thiazole rings is 1. The van der Waals surface area contributed by atoms with Crippen LogP contribution in [0.4, 0.5) is 5.13 Å². The molecule has 0 saturated heterocycles. The molecule has 3 nitrogen and oxygen atoms in total. The number of nitrogens with zero attached hydrogens (tertiary/aromatic N) is 1. The van der Waals surface area contributed by atoms with E-state index in [-0.39, 0.29) is 5.91 Å². The molecular weight excluding hydrogens is 368 g/mol. The van der Waals surface area contributed by atoms with E-state index in [1.807, 2.05) is 42.7 Å². The highest BCUT2D eigenvalue weighted by molar-refractivity contribution is 9.10. The van der Waals surface area contributed by atoms with Crippen molar-refractivity contribution in [2.75, 3.05) is 11.6 Å². The summed E-state index contributed by atoms with van der Waals surface area (Å²) in [5.41, 5.74) is 1.53. The van der Waals surface area contributed by atoms with Crippen molar-refractivity contribution in [1.82, 2.24) is 4.98 Å². The molecule has 1 heterocycles. The summed E-state index contributed by atoms with van der Waals surface area (Å²) in [6.07, 6.45) is 1.99. The van der Waals surface area contributed by atoms with Gasteiger partial charge >= 0.3 is 0 Å². The summed E-state index contributed by atoms with van der Waals surface area (Å²) in [7, 11) is 0. The van der Waals surface area contributed by atoms with E-state index in [1.165, 1.54) is 11.3 Å². The van der Waals surface area contributed by atoms with Gasteiger partial charge in [-0.25, -0.2) is 4.98 Å². The Kier molecular flexibility index (Phi) is 4.28. The molecule has 0 fully saturated rings. The van der Waals surface area contributed by atoms with Crippen molar-refractivity contribution < 1.29 is 4.79 Å². The van der Waals surface area contributed by atoms with E-state index < -0.39 is 0 Å². The van der Waals surface area contributed by atoms with Crippen molar-refractivity contribution in [3.63, 3.8) is 0 Å². The van der Waals surface area contributed by atoms with Gasteiger partial charge in [0.15, 0.2) is 5.13 Å². The lowest BCUT2D eigenvalue weighted by molar-refractivity contribution is 0.102. The summed E-state index contributed by atoms with van der Waals surface area (Å²) < 4.78 is 2.04. The van der Waals surface area contributed by atoms with Gasteiger partial charge in [-0.3, -0.25) is 10.1 Å². The highest BCUT2D eigenvalue weighted by Gasteiger charge is 2.10. The molecule has 0 spiro atoms. The van der Waals surface area contributed by atoms with Crippen molar-refractivity contribution >= 4 is 60.3 Å². The minimum Gasteiger partial charge on any atom is -0.298 e. The minimum absolute atomic E-state index is 0.135. The third kappa shape index (κ3) is 3.28. The SMILES string of the molecule is CSc1cccc(C(=O)Nc2nc3ccc(Br)cc3s2)c1. The standard InChI is InChI=1S/C15H11BrN2OS2/c1-20-11-4-2-3-9(7-11)14(19)18-15-17-12-6-5-10(16)8-13(12)21-15/h2-8H,1H3,(H,17,18,19). The van der Waals surface area contributed by atoms with E-state index in [2.05, 4.69) is 26.2 Å². The van der Waals surface area contributed by atoms with E-state index in [4.69, 9.17) is 0 Å². The fraction of sp³-hybridized carbons (Fsp3) is 0.0667. The zero-order valence-electron chi connectivity index (χ0n) is 11.1. The number of nitrogens with one attached hydrogen (secondary N) is 1. The molecule has 0 aliphatic heterocycles. The maximum Gasteiger partial charge on any atom is 0.257 e. The quantitative estimate of drug-likeness (QED) is 0.649. The monoisotopic (exact) mass is 378 g/mol. The molecule has 6 heteroatoms. The predicted octanol–water partition coefficient (Wildman–Crippen LogP) is 5.03. The Hall–Kier alpha value is -1.37. The fourth-order valence-corrected chi connectivity index (χ4v) is 3.76. The van der Waals surface area contributed by atoms with Gasteiger partial charge in [0, 0.05) is 14.9 Å². The summed E-state index contributed by atoms with van der Waals surface area (Å²) in [5.74, 6) is -0.135. The van der Waals surface area contributed by atoms with Crippen LogP contribution in [0.25, 0.3) is 10.2 Å². The maximum absolute atomic E-state index is 12.3. The fourth-order valence-electron chi connectivity index (χ4n) is 1.89. The second-order valence-electron chi connectivity index (χ2n) is 4.32. The van der Waals surface area contributed by atoms with E-state index in [0.717, 1.165) is 19.6 Å². The molecule has 0 atom stereocenters. The van der Waals surface area contributed by atoms with Crippen LogP contribution in [0.5, 0.6) is 0 Å². The van der Waals surface area contributed by atoms with Crippen LogP contribution in [-0.4, -0.2) is 17.1 Å². The molecule has 3 rings (SSSR count). The number of thioether (sulfide) groups is 1. The van der Waals surface area contributed by atoms with Gasteiger partial charge in [-0.2, -0.15) is 0 Å². The molecular formula is C15H11BrN2OS2. The second kappa shape index (κ2) is 6.17. The Bertz CT molecular complexity index is 816. The van der Waals surface area contributed by atoms with Crippen LogP contribution in [0.2, 0.25) is 0 Å². The summed E-state index contributed by atoms with van der Waals surface area (Å²) in [6, 6.07) is 13.4. The Morgan fingerprint density at radius 1 is 1.29 bits per heavy atom. The molecule has 0 saturated carbocycles. The lowest BCUT2D eigenvalue weighted by Crippen LogP contribution is -2.11. The lowest BCUT2D eigenvalue weighted by atomic mass is 10.2. The summed E-state index contributed by atoms with van der Waals surface area (Å²) in [6.45, 7) is 0. The first-order chi connectivity index (χ1) is 10.2. The van der Waals surface area contributed by atoms with Crippen LogP contribution in [0.3, 0.4) is 0 Å². The number of benzene rings is 2. The topological polar surface area (TPSA) is 42.0 Å². The number of rotatable bonds is 3. The van der Waals surface area contributed by atoms with Gasteiger partial charge in [-0.15, -0.1) is 11.8 Å². The average molecular weight is 379 g/mol. The zero-order chi connectivity index (χ0) is 14.8. The number of carbonyl (C=O) groups is 1. The number of anilines is 1. The molecule has 0 aliphatic rings. The number of amides is 1. The van der Waals surface area contributed by atoms with Crippen LogP contribution in [0, 0.1) is 0 Å². The Morgan fingerprint density at radius 3 is 2.95 bits per heavy atom. The van der Waals surface area contributed by atoms with Gasteiger partial charge in [0.2, 0.25) is 0 Å². The first-order valence-corrected chi connectivity index (χ1v) is 9.00. The second-order valence-corrected chi connectivity index (χ2v) is 7.14. The van der Waals surface area contributed by atoms with Crippen molar-refractivity contribution in [3.05, 3.63) is 52.5 Å². The lowest BCUT2D eigenvalue weighted by Gasteiger charge is -2.03. The molecule has 106 valence electrons. The molecule has 0 unspecified atom stereocenters. The van der Waals surface area contributed by atoms with Gasteiger partial charge in [0.25, 0.3) is 5.91 Å². The van der Waals surface area contributed by atoms with Gasteiger partial charge < -0.3 is 0 Å². The van der Waals surface area contributed by atoms with Crippen LogP contribution < -0.4 is 5.32 Å². The number of fused-ring (bicyclic) bond motifs is 1. The minimum atomic E-state index is -0.135. The molecule has 1 amide bonds. The van der Waals surface area contributed by atoms with Crippen LogP contribution in [-0.2, 0) is 0 Å². The van der Waals surface area contributed by atoms with E-state index >= 15 is 0 Å². The molecule has 0 radical (unpaired) electrons. The number of halogens is 1. The average Bonchev–Trinajstić information content (AvgIpc) is 2.88. The van der Waals surface area contributed by atoms with Crippen molar-refractivity contribution in [1.29, 1.82) is 0 Å². The Labute approximate surface area is 138 Å². The molecule has 21 heavy (non-hydrogen) atoms. The molecule has 0 bridgehead atoms. The molecule has 1 aromatic heterocycles. The Morgan fingerprint density at radius 2 is 2.14 bits per heavy atom. The largest absolute Gasteiger partial charge is 0.298 e. The number of carbonyl (C=O) groups excluding carboxylic acids is 1. The maximum atomic E-state index is 12.3. The molecule has 0 aliphatic carbocycles. The van der Waals surface area contributed by atoms with Crippen LogP contribution >= 0.6 is 39.0 Å². The smallest absolute Gasteiger partial charge is 0.257 e. The highest BCUT2D eigenvalue weighted by Crippen LogP contribution is 2.28. The normalized spacial score (nSPS) is 10.8. The number of aromatic nitrogens is 1. The third-order valence-corrected chi connectivity index (χ3v) is 5.06. The zero-order valence-corrected chi connectivity index (χ0v) is 14.3. The van der Waals surface area contributed by atoms with E-state index in [0.29, 0.717) is 10.7 Å². The summed E-state index contributed by atoms with van der Waals surface area (Å²) >= 11 is 6.51. The van der Waals surface area contributed by atoms with Crippen LogP contribution in [0.15, 0.2) is 51.8 Å². The summed E-state index contributed by atoms with van der Waals surface area (Å²) in [5, 5.41) is 3.48. The summed E-state index contributed by atoms with van der Waals surface area (Å²) in [4.78, 5) is 17.8. The molecule has 2 aromatic carbocycles. The van der Waals surface area contributed by atoms with Crippen LogP contribution in [0.1, 0.15) is 10.4 Å². The van der Waals surface area contributed by atoms with Crippen molar-refractivity contribution in [2.24, 2.45) is 0 Å². The predicted molar refractivity (Wildman–Crippen MR) is 93.5 cm³/mol. The van der Waals surface area contributed by atoms with Gasteiger partial charge in [0.1, 0.15) is 0 Å². The first kappa shape index (κ1) is 14.6. The Balaban J connectivity index is 1.85. The van der Waals surface area contributed by atoms with Gasteiger partial charge in [-0.05, 0) is 42.7 Å². The number of hydrogen-bond donors (Lipinski definition) is 1. The van der Waals surface area contributed by atoms with Gasteiger partial charge in [-0.1, -0.05) is 33.3 Å². The first-order valence-electron chi connectivity index (χ1n) is 6.17. The van der Waals surface area contributed by atoms with E-state index in [9.17, 15) is 4.79 Å². The van der Waals surface area contributed by atoms with Gasteiger partial charge in [0.05, 0.1) is 10.2 Å². The molecule has 3 aromatic rings. The molecule has 1 N–H and O–H groups in total.